The van der Waals surface area contributed by atoms with Crippen LogP contribution in [-0.2, 0) is 14.8 Å². The fourth-order valence-electron chi connectivity index (χ4n) is 2.15. The monoisotopic (exact) mass is 378 g/mol. The lowest BCUT2D eigenvalue weighted by Gasteiger charge is -2.09. The Hall–Kier alpha value is -2.15. The Labute approximate surface area is 152 Å². The lowest BCUT2D eigenvalue weighted by atomic mass is 10.1. The molecule has 2 rings (SSSR count). The molecule has 25 heavy (non-hydrogen) atoms. The highest BCUT2D eigenvalue weighted by Crippen LogP contribution is 2.20. The lowest BCUT2D eigenvalue weighted by molar-refractivity contribution is -0.111. The standard InChI is InChI=1S/C18H19ClN2O3S/c1-12-4-6-14(10-16(12)19)7-9-18(22)21-15-8-5-13(2)17(11-15)25(23,24)20-3/h4-11,20H,1-3H3,(H,21,22)/b9-7+. The minimum absolute atomic E-state index is 0.127. The number of hydrogen-bond donors (Lipinski definition) is 2. The number of nitrogens with one attached hydrogen (secondary N) is 2. The van der Waals surface area contributed by atoms with E-state index in [0.29, 0.717) is 16.3 Å². The number of halogens is 1. The maximum Gasteiger partial charge on any atom is 0.248 e. The smallest absolute Gasteiger partial charge is 0.248 e. The van der Waals surface area contributed by atoms with E-state index in [0.717, 1.165) is 11.1 Å². The van der Waals surface area contributed by atoms with Crippen molar-refractivity contribution in [3.63, 3.8) is 0 Å². The van der Waals surface area contributed by atoms with Gasteiger partial charge in [-0.1, -0.05) is 29.8 Å². The Morgan fingerprint density at radius 1 is 1.08 bits per heavy atom. The normalized spacial score (nSPS) is 11.7. The van der Waals surface area contributed by atoms with Crippen LogP contribution >= 0.6 is 11.6 Å². The van der Waals surface area contributed by atoms with E-state index < -0.39 is 10.0 Å². The van der Waals surface area contributed by atoms with Crippen molar-refractivity contribution < 1.29 is 13.2 Å². The highest BCUT2D eigenvalue weighted by atomic mass is 35.5. The van der Waals surface area contributed by atoms with Crippen LogP contribution in [0.4, 0.5) is 5.69 Å². The molecular weight excluding hydrogens is 360 g/mol. The molecule has 0 aliphatic rings. The number of aryl methyl sites for hydroxylation is 2. The summed E-state index contributed by atoms with van der Waals surface area (Å²) in [6.45, 7) is 3.59. The highest BCUT2D eigenvalue weighted by Gasteiger charge is 2.15. The van der Waals surface area contributed by atoms with E-state index in [1.54, 1.807) is 31.2 Å². The molecule has 0 saturated heterocycles. The number of rotatable bonds is 5. The van der Waals surface area contributed by atoms with Gasteiger partial charge in [0.25, 0.3) is 0 Å². The van der Waals surface area contributed by atoms with Gasteiger partial charge in [0.15, 0.2) is 0 Å². The zero-order chi connectivity index (χ0) is 18.6. The second-order valence-corrected chi connectivity index (χ2v) is 7.78. The molecule has 2 N–H and O–H groups in total. The van der Waals surface area contributed by atoms with Crippen LogP contribution in [-0.4, -0.2) is 21.4 Å². The molecule has 0 unspecified atom stereocenters. The quantitative estimate of drug-likeness (QED) is 0.781. The molecule has 2 aromatic rings. The Bertz CT molecular complexity index is 937. The molecule has 0 aliphatic carbocycles. The van der Waals surface area contributed by atoms with Gasteiger partial charge in [-0.05, 0) is 61.9 Å². The summed E-state index contributed by atoms with van der Waals surface area (Å²) in [7, 11) is -2.24. The average Bonchev–Trinajstić information content (AvgIpc) is 2.57. The van der Waals surface area contributed by atoms with Crippen molar-refractivity contribution in [2.75, 3.05) is 12.4 Å². The molecule has 132 valence electrons. The van der Waals surface area contributed by atoms with E-state index in [1.165, 1.54) is 19.2 Å². The molecule has 0 atom stereocenters. The summed E-state index contributed by atoms with van der Waals surface area (Å²) in [5.41, 5.74) is 2.75. The Morgan fingerprint density at radius 2 is 1.76 bits per heavy atom. The zero-order valence-corrected chi connectivity index (χ0v) is 15.7. The van der Waals surface area contributed by atoms with E-state index in [4.69, 9.17) is 11.6 Å². The summed E-state index contributed by atoms with van der Waals surface area (Å²) in [5, 5.41) is 3.28. The molecule has 0 saturated carbocycles. The van der Waals surface area contributed by atoms with Crippen LogP contribution in [0.2, 0.25) is 5.02 Å². The van der Waals surface area contributed by atoms with Crippen LogP contribution in [0.3, 0.4) is 0 Å². The van der Waals surface area contributed by atoms with Crippen molar-refractivity contribution in [1.82, 2.24) is 4.72 Å². The third-order valence-corrected chi connectivity index (χ3v) is 5.60. The van der Waals surface area contributed by atoms with Gasteiger partial charge in [-0.2, -0.15) is 0 Å². The van der Waals surface area contributed by atoms with E-state index in [-0.39, 0.29) is 10.8 Å². The van der Waals surface area contributed by atoms with Crippen molar-refractivity contribution in [2.24, 2.45) is 0 Å². The lowest BCUT2D eigenvalue weighted by Crippen LogP contribution is -2.20. The molecule has 0 fully saturated rings. The van der Waals surface area contributed by atoms with E-state index in [9.17, 15) is 13.2 Å². The molecule has 5 nitrogen and oxygen atoms in total. The predicted molar refractivity (Wildman–Crippen MR) is 101 cm³/mol. The van der Waals surface area contributed by atoms with Crippen molar-refractivity contribution >= 4 is 39.3 Å². The fraction of sp³-hybridized carbons (Fsp3) is 0.167. The van der Waals surface area contributed by atoms with Gasteiger partial charge in [0, 0.05) is 16.8 Å². The van der Waals surface area contributed by atoms with Crippen molar-refractivity contribution in [1.29, 1.82) is 0 Å². The maximum atomic E-state index is 12.1. The summed E-state index contributed by atoms with van der Waals surface area (Å²) in [4.78, 5) is 12.2. The fourth-order valence-corrected chi connectivity index (χ4v) is 3.33. The molecule has 0 spiro atoms. The van der Waals surface area contributed by atoms with Gasteiger partial charge in [0.05, 0.1) is 4.90 Å². The first kappa shape index (κ1) is 19.2. The third kappa shape index (κ3) is 4.92. The van der Waals surface area contributed by atoms with Crippen molar-refractivity contribution in [3.05, 3.63) is 64.2 Å². The summed E-state index contributed by atoms with van der Waals surface area (Å²) in [5.74, 6) is -0.367. The number of amides is 1. The molecule has 7 heteroatoms. The minimum atomic E-state index is -3.59. The highest BCUT2D eigenvalue weighted by molar-refractivity contribution is 7.89. The Balaban J connectivity index is 2.16. The largest absolute Gasteiger partial charge is 0.322 e. The topological polar surface area (TPSA) is 75.3 Å². The summed E-state index contributed by atoms with van der Waals surface area (Å²) in [6.07, 6.45) is 3.01. The van der Waals surface area contributed by atoms with Crippen LogP contribution in [0.5, 0.6) is 0 Å². The van der Waals surface area contributed by atoms with E-state index >= 15 is 0 Å². The molecule has 0 bridgehead atoms. The third-order valence-electron chi connectivity index (χ3n) is 3.64. The van der Waals surface area contributed by atoms with Gasteiger partial charge in [-0.3, -0.25) is 4.79 Å². The van der Waals surface area contributed by atoms with Gasteiger partial charge < -0.3 is 5.32 Å². The van der Waals surface area contributed by atoms with Gasteiger partial charge in [0.2, 0.25) is 15.9 Å². The van der Waals surface area contributed by atoms with Gasteiger partial charge in [-0.15, -0.1) is 0 Å². The Kier molecular flexibility index (Phi) is 6.00. The van der Waals surface area contributed by atoms with Crippen LogP contribution in [0.25, 0.3) is 6.08 Å². The van der Waals surface area contributed by atoms with Gasteiger partial charge >= 0.3 is 0 Å². The Morgan fingerprint density at radius 3 is 2.40 bits per heavy atom. The van der Waals surface area contributed by atoms with Crippen LogP contribution in [0, 0.1) is 13.8 Å². The van der Waals surface area contributed by atoms with Crippen molar-refractivity contribution in [2.45, 2.75) is 18.7 Å². The number of carbonyl (C=O) groups is 1. The first-order valence-electron chi connectivity index (χ1n) is 7.52. The molecule has 0 heterocycles. The van der Waals surface area contributed by atoms with E-state index in [1.807, 2.05) is 19.1 Å². The molecule has 2 aromatic carbocycles. The molecular formula is C18H19ClN2O3S. The number of benzene rings is 2. The maximum absolute atomic E-state index is 12.1. The average molecular weight is 379 g/mol. The summed E-state index contributed by atoms with van der Waals surface area (Å²) >= 11 is 6.05. The van der Waals surface area contributed by atoms with Gasteiger partial charge in [-0.25, -0.2) is 13.1 Å². The second kappa shape index (κ2) is 7.82. The number of sulfonamides is 1. The zero-order valence-electron chi connectivity index (χ0n) is 14.1. The number of anilines is 1. The molecule has 0 radical (unpaired) electrons. The van der Waals surface area contributed by atoms with Crippen LogP contribution < -0.4 is 10.0 Å². The minimum Gasteiger partial charge on any atom is -0.322 e. The van der Waals surface area contributed by atoms with Gasteiger partial charge in [0.1, 0.15) is 0 Å². The first-order chi connectivity index (χ1) is 11.7. The van der Waals surface area contributed by atoms with Crippen molar-refractivity contribution in [3.8, 4) is 0 Å². The predicted octanol–water partition coefficient (Wildman–Crippen LogP) is 3.52. The molecule has 0 aliphatic heterocycles. The number of carbonyl (C=O) groups excluding carboxylic acids is 1. The molecule has 0 aromatic heterocycles. The number of hydrogen-bond acceptors (Lipinski definition) is 3. The van der Waals surface area contributed by atoms with Crippen LogP contribution in [0.15, 0.2) is 47.4 Å². The SMILES string of the molecule is CNS(=O)(=O)c1cc(NC(=O)/C=C/c2ccc(C)c(Cl)c2)ccc1C. The summed E-state index contributed by atoms with van der Waals surface area (Å²) in [6, 6.07) is 10.2. The van der Waals surface area contributed by atoms with Crippen LogP contribution in [0.1, 0.15) is 16.7 Å². The first-order valence-corrected chi connectivity index (χ1v) is 9.38. The van der Waals surface area contributed by atoms with E-state index in [2.05, 4.69) is 10.0 Å². The second-order valence-electron chi connectivity index (χ2n) is 5.52. The molecule has 1 amide bonds. The summed E-state index contributed by atoms with van der Waals surface area (Å²) < 4.78 is 26.2.